The molecule has 4 rings (SSSR count). The van der Waals surface area contributed by atoms with E-state index in [2.05, 4.69) is 0 Å². The Hall–Kier alpha value is -2.01. The second-order valence-electron chi connectivity index (χ2n) is 6.23. The van der Waals surface area contributed by atoms with E-state index in [9.17, 15) is 4.79 Å². The minimum absolute atomic E-state index is 0.172. The maximum atomic E-state index is 12.7. The number of thiophene rings is 1. The molecule has 0 unspecified atom stereocenters. The number of fused-ring (bicyclic) bond motifs is 1. The molecule has 4 nitrogen and oxygen atoms in total. The third-order valence-electron chi connectivity index (χ3n) is 4.54. The summed E-state index contributed by atoms with van der Waals surface area (Å²) in [6, 6.07) is 9.95. The van der Waals surface area contributed by atoms with Crippen LogP contribution in [0.3, 0.4) is 0 Å². The molecule has 126 valence electrons. The molecule has 2 aromatic rings. The quantitative estimate of drug-likeness (QED) is 0.820. The second kappa shape index (κ2) is 6.85. The highest BCUT2D eigenvalue weighted by molar-refractivity contribution is 7.17. The van der Waals surface area contributed by atoms with Crippen LogP contribution in [0.1, 0.15) is 35.4 Å². The predicted molar refractivity (Wildman–Crippen MR) is 95.1 cm³/mol. The van der Waals surface area contributed by atoms with Crippen LogP contribution >= 0.6 is 11.3 Å². The van der Waals surface area contributed by atoms with Crippen LogP contribution in [-0.2, 0) is 0 Å². The van der Waals surface area contributed by atoms with Crippen molar-refractivity contribution in [3.05, 3.63) is 35.2 Å². The largest absolute Gasteiger partial charge is 0.486 e. The van der Waals surface area contributed by atoms with Crippen LogP contribution in [0.2, 0.25) is 0 Å². The Bertz CT molecular complexity index is 732. The van der Waals surface area contributed by atoms with Crippen molar-refractivity contribution in [3.8, 4) is 21.9 Å². The SMILES string of the molecule is O=C(c1ccc(-c2ccc3c(c2)OCCO3)s1)N1CCCCCC1. The van der Waals surface area contributed by atoms with Crippen molar-refractivity contribution >= 4 is 17.2 Å². The molecule has 0 N–H and O–H groups in total. The summed E-state index contributed by atoms with van der Waals surface area (Å²) in [5, 5.41) is 0. The van der Waals surface area contributed by atoms with Gasteiger partial charge >= 0.3 is 0 Å². The number of rotatable bonds is 2. The Morgan fingerprint density at radius 1 is 0.917 bits per heavy atom. The zero-order valence-electron chi connectivity index (χ0n) is 13.6. The highest BCUT2D eigenvalue weighted by Crippen LogP contribution is 2.37. The van der Waals surface area contributed by atoms with Gasteiger partial charge in [-0.2, -0.15) is 0 Å². The van der Waals surface area contributed by atoms with Crippen molar-refractivity contribution in [2.75, 3.05) is 26.3 Å². The average molecular weight is 343 g/mol. The Morgan fingerprint density at radius 2 is 1.67 bits per heavy atom. The van der Waals surface area contributed by atoms with E-state index in [-0.39, 0.29) is 5.91 Å². The summed E-state index contributed by atoms with van der Waals surface area (Å²) in [5.74, 6) is 1.75. The fourth-order valence-corrected chi connectivity index (χ4v) is 4.20. The monoisotopic (exact) mass is 343 g/mol. The number of benzene rings is 1. The smallest absolute Gasteiger partial charge is 0.263 e. The fourth-order valence-electron chi connectivity index (χ4n) is 3.23. The number of amides is 1. The first kappa shape index (κ1) is 15.5. The summed E-state index contributed by atoms with van der Waals surface area (Å²) >= 11 is 1.56. The van der Waals surface area contributed by atoms with Gasteiger partial charge in [-0.15, -0.1) is 11.3 Å². The van der Waals surface area contributed by atoms with Crippen LogP contribution in [-0.4, -0.2) is 37.1 Å². The molecule has 3 heterocycles. The zero-order chi connectivity index (χ0) is 16.4. The Morgan fingerprint density at radius 3 is 2.46 bits per heavy atom. The molecule has 0 bridgehead atoms. The topological polar surface area (TPSA) is 38.8 Å². The lowest BCUT2D eigenvalue weighted by atomic mass is 10.1. The molecular weight excluding hydrogens is 322 g/mol. The number of hydrogen-bond donors (Lipinski definition) is 0. The van der Waals surface area contributed by atoms with Crippen LogP contribution in [0.15, 0.2) is 30.3 Å². The van der Waals surface area contributed by atoms with E-state index >= 15 is 0 Å². The molecule has 0 aliphatic carbocycles. The lowest BCUT2D eigenvalue weighted by molar-refractivity contribution is 0.0766. The predicted octanol–water partition coefficient (Wildman–Crippen LogP) is 4.20. The molecule has 0 spiro atoms. The van der Waals surface area contributed by atoms with Gasteiger partial charge in [-0.05, 0) is 48.7 Å². The van der Waals surface area contributed by atoms with E-state index in [1.165, 1.54) is 12.8 Å². The Kier molecular flexibility index (Phi) is 4.43. The zero-order valence-corrected chi connectivity index (χ0v) is 14.4. The van der Waals surface area contributed by atoms with Gasteiger partial charge in [0.05, 0.1) is 4.88 Å². The van der Waals surface area contributed by atoms with Gasteiger partial charge in [0.15, 0.2) is 11.5 Å². The standard InChI is InChI=1S/C19H21NO3S/c21-19(20-9-3-1-2-4-10-20)18-8-7-17(24-18)14-5-6-15-16(13-14)23-12-11-22-15/h5-8,13H,1-4,9-12H2. The summed E-state index contributed by atoms with van der Waals surface area (Å²) in [6.07, 6.45) is 4.70. The van der Waals surface area contributed by atoms with Gasteiger partial charge < -0.3 is 14.4 Å². The van der Waals surface area contributed by atoms with E-state index in [0.717, 1.165) is 52.7 Å². The molecule has 5 heteroatoms. The summed E-state index contributed by atoms with van der Waals surface area (Å²) in [6.45, 7) is 2.95. The maximum absolute atomic E-state index is 12.7. The molecule has 0 atom stereocenters. The fraction of sp³-hybridized carbons (Fsp3) is 0.421. The molecule has 1 aromatic heterocycles. The van der Waals surface area contributed by atoms with Crippen LogP contribution in [0.25, 0.3) is 10.4 Å². The summed E-state index contributed by atoms with van der Waals surface area (Å²) in [4.78, 5) is 16.6. The lowest BCUT2D eigenvalue weighted by Gasteiger charge is -2.19. The minimum atomic E-state index is 0.172. The van der Waals surface area contributed by atoms with Gasteiger partial charge in [0.2, 0.25) is 0 Å². The van der Waals surface area contributed by atoms with Crippen molar-refractivity contribution in [2.45, 2.75) is 25.7 Å². The lowest BCUT2D eigenvalue weighted by Crippen LogP contribution is -2.31. The number of carbonyl (C=O) groups excluding carboxylic acids is 1. The van der Waals surface area contributed by atoms with Gasteiger partial charge in [0.25, 0.3) is 5.91 Å². The molecule has 2 aliphatic heterocycles. The third-order valence-corrected chi connectivity index (χ3v) is 5.66. The highest BCUT2D eigenvalue weighted by Gasteiger charge is 2.20. The summed E-state index contributed by atoms with van der Waals surface area (Å²) in [5.41, 5.74) is 1.07. The molecule has 0 saturated carbocycles. The molecule has 1 fully saturated rings. The van der Waals surface area contributed by atoms with E-state index in [1.54, 1.807) is 11.3 Å². The van der Waals surface area contributed by atoms with E-state index in [1.807, 2.05) is 35.2 Å². The molecule has 24 heavy (non-hydrogen) atoms. The van der Waals surface area contributed by atoms with Gasteiger partial charge in [0, 0.05) is 18.0 Å². The van der Waals surface area contributed by atoms with Gasteiger partial charge in [-0.1, -0.05) is 12.8 Å². The average Bonchev–Trinajstić information content (AvgIpc) is 2.96. The van der Waals surface area contributed by atoms with Crippen LogP contribution in [0.4, 0.5) is 0 Å². The van der Waals surface area contributed by atoms with Crippen molar-refractivity contribution in [1.29, 1.82) is 0 Å². The van der Waals surface area contributed by atoms with Gasteiger partial charge in [-0.25, -0.2) is 0 Å². The molecule has 1 aromatic carbocycles. The van der Waals surface area contributed by atoms with E-state index in [4.69, 9.17) is 9.47 Å². The molecular formula is C19H21NO3S. The molecule has 1 amide bonds. The molecule has 2 aliphatic rings. The number of hydrogen-bond acceptors (Lipinski definition) is 4. The van der Waals surface area contributed by atoms with Gasteiger partial charge in [-0.3, -0.25) is 4.79 Å². The van der Waals surface area contributed by atoms with Crippen LogP contribution < -0.4 is 9.47 Å². The van der Waals surface area contributed by atoms with Crippen LogP contribution in [0, 0.1) is 0 Å². The second-order valence-corrected chi connectivity index (χ2v) is 7.31. The van der Waals surface area contributed by atoms with Crippen molar-refractivity contribution in [2.24, 2.45) is 0 Å². The summed E-state index contributed by atoms with van der Waals surface area (Å²) < 4.78 is 11.2. The Labute approximate surface area is 146 Å². The maximum Gasteiger partial charge on any atom is 0.263 e. The number of carbonyl (C=O) groups is 1. The van der Waals surface area contributed by atoms with Gasteiger partial charge in [0.1, 0.15) is 13.2 Å². The minimum Gasteiger partial charge on any atom is -0.486 e. The van der Waals surface area contributed by atoms with Crippen molar-refractivity contribution in [3.63, 3.8) is 0 Å². The Balaban J connectivity index is 1.55. The molecule has 0 radical (unpaired) electrons. The van der Waals surface area contributed by atoms with Crippen molar-refractivity contribution in [1.82, 2.24) is 4.90 Å². The highest BCUT2D eigenvalue weighted by atomic mass is 32.1. The third kappa shape index (κ3) is 3.13. The van der Waals surface area contributed by atoms with Crippen LogP contribution in [0.5, 0.6) is 11.5 Å². The first-order chi connectivity index (χ1) is 11.8. The van der Waals surface area contributed by atoms with E-state index in [0.29, 0.717) is 13.2 Å². The normalized spacial score (nSPS) is 17.4. The molecule has 1 saturated heterocycles. The first-order valence-corrected chi connectivity index (χ1v) is 9.42. The van der Waals surface area contributed by atoms with E-state index < -0.39 is 0 Å². The number of likely N-dealkylation sites (tertiary alicyclic amines) is 1. The first-order valence-electron chi connectivity index (χ1n) is 8.60. The number of ether oxygens (including phenoxy) is 2. The summed E-state index contributed by atoms with van der Waals surface area (Å²) in [7, 11) is 0. The number of nitrogens with zero attached hydrogens (tertiary/aromatic N) is 1. The van der Waals surface area contributed by atoms with Crippen molar-refractivity contribution < 1.29 is 14.3 Å².